The van der Waals surface area contributed by atoms with Gasteiger partial charge in [0, 0.05) is 50.9 Å². The maximum absolute atomic E-state index is 9.70. The van der Waals surface area contributed by atoms with E-state index in [1.54, 1.807) is 72.8 Å². The zero-order valence-electron chi connectivity index (χ0n) is 25.3. The van der Waals surface area contributed by atoms with Crippen molar-refractivity contribution < 1.29 is 24.7 Å². The van der Waals surface area contributed by atoms with Crippen molar-refractivity contribution in [3.63, 3.8) is 0 Å². The van der Waals surface area contributed by atoms with Crippen molar-refractivity contribution >= 4 is 151 Å². The summed E-state index contributed by atoms with van der Waals surface area (Å²) in [6, 6.07) is 33.7. The molecule has 5 nitrogen and oxygen atoms in total. The van der Waals surface area contributed by atoms with Crippen LogP contribution in [0.1, 0.15) is 22.3 Å². The molecule has 6 aromatic carbocycles. The number of benzene rings is 6. The van der Waals surface area contributed by atoms with Crippen LogP contribution in [0.25, 0.3) is 33.1 Å². The Morgan fingerprint density at radius 2 is 1.06 bits per heavy atom. The van der Waals surface area contributed by atoms with Gasteiger partial charge in [0.15, 0.2) is 0 Å². The average molecular weight is 1100 g/mol. The molecule has 0 saturated carbocycles. The van der Waals surface area contributed by atoms with Gasteiger partial charge in [-0.1, -0.05) is 141 Å². The van der Waals surface area contributed by atoms with E-state index in [9.17, 15) is 5.11 Å². The predicted octanol–water partition coefficient (Wildman–Crippen LogP) is 14.8. The van der Waals surface area contributed by atoms with Gasteiger partial charge >= 0.3 is 7.12 Å². The first-order valence-corrected chi connectivity index (χ1v) is 19.2. The van der Waals surface area contributed by atoms with Gasteiger partial charge < -0.3 is 24.7 Å². The van der Waals surface area contributed by atoms with Crippen LogP contribution >= 0.6 is 117 Å². The Morgan fingerprint density at radius 1 is 0.547 bits per heavy atom. The molecule has 0 saturated heterocycles. The first-order valence-electron chi connectivity index (χ1n) is 14.2. The number of furan rings is 1. The maximum atomic E-state index is 9.70. The second-order valence-electron chi connectivity index (χ2n) is 10.2. The summed E-state index contributed by atoms with van der Waals surface area (Å²) in [5.41, 5.74) is 3.71. The van der Waals surface area contributed by atoms with Crippen LogP contribution in [-0.4, -0.2) is 27.4 Å². The lowest BCUT2D eigenvalue weighted by molar-refractivity contribution is 0.426. The van der Waals surface area contributed by atoms with E-state index in [-0.39, 0.29) is 28.0 Å². The van der Waals surface area contributed by atoms with Gasteiger partial charge in [0.05, 0.1) is 8.59 Å². The van der Waals surface area contributed by atoms with Gasteiger partial charge in [-0.25, -0.2) is 0 Å². The topological polar surface area (TPSA) is 94.1 Å². The molecule has 1 heterocycles. The smallest absolute Gasteiger partial charge is 0.488 e. The van der Waals surface area contributed by atoms with Gasteiger partial charge in [-0.15, -0.1) is 0 Å². The third kappa shape index (κ3) is 14.6. The van der Waals surface area contributed by atoms with Crippen molar-refractivity contribution in [1.82, 2.24) is 0 Å². The first kappa shape index (κ1) is 49.1. The van der Waals surface area contributed by atoms with E-state index in [1.165, 1.54) is 0 Å². The third-order valence-corrected chi connectivity index (χ3v) is 10.0. The van der Waals surface area contributed by atoms with Crippen LogP contribution < -0.4 is 5.46 Å². The summed E-state index contributed by atoms with van der Waals surface area (Å²) in [5, 5.41) is 40.3. The standard InChI is InChI=1S/C12H5BrCl2O.C12H8BrClO.C6H6BClO2.C6H4BrIO.3CH4/c13-6-1-2-10-8(3-6)12-9(15)4-7(14)5-11(12)16-10;13-9-3-6-12(15)11(7-9)8-1-4-10(14)5-2-8;8-6-3-1-5(2-4-6)7(9)10;7-4-1-2-6(9)5(8)3-4;;;/h1-5H;1-7,15H;1-4,9-10H;1-3,9H;3*1H4. The van der Waals surface area contributed by atoms with Crippen molar-refractivity contribution in [3.8, 4) is 22.6 Å². The molecule has 0 fully saturated rings. The van der Waals surface area contributed by atoms with Crippen molar-refractivity contribution in [1.29, 1.82) is 0 Å². The van der Waals surface area contributed by atoms with Crippen LogP contribution in [0, 0.1) is 3.57 Å². The lowest BCUT2D eigenvalue weighted by atomic mass is 9.81. The highest BCUT2D eigenvalue weighted by Crippen LogP contribution is 2.37. The molecule has 0 spiro atoms. The fourth-order valence-electron chi connectivity index (χ4n) is 4.28. The maximum Gasteiger partial charge on any atom is 0.488 e. The molecule has 7 aromatic rings. The summed E-state index contributed by atoms with van der Waals surface area (Å²) in [6.45, 7) is 0. The minimum Gasteiger partial charge on any atom is -0.507 e. The van der Waals surface area contributed by atoms with E-state index in [0.717, 1.165) is 44.5 Å². The van der Waals surface area contributed by atoms with Gasteiger partial charge in [0.25, 0.3) is 0 Å². The van der Waals surface area contributed by atoms with Crippen LogP contribution in [0.15, 0.2) is 133 Å². The number of hydrogen-bond acceptors (Lipinski definition) is 5. The minimum absolute atomic E-state index is 0. The van der Waals surface area contributed by atoms with Crippen LogP contribution in [0.3, 0.4) is 0 Å². The molecule has 0 radical (unpaired) electrons. The van der Waals surface area contributed by atoms with Crippen LogP contribution in [0.5, 0.6) is 11.5 Å². The van der Waals surface area contributed by atoms with Gasteiger partial charge in [-0.3, -0.25) is 0 Å². The Morgan fingerprint density at radius 3 is 1.60 bits per heavy atom. The Kier molecular flexibility index (Phi) is 21.5. The van der Waals surface area contributed by atoms with Crippen LogP contribution in [0.4, 0.5) is 0 Å². The van der Waals surface area contributed by atoms with Crippen molar-refractivity contribution in [2.75, 3.05) is 0 Å². The van der Waals surface area contributed by atoms with Gasteiger partial charge in [-0.05, 0) is 119 Å². The zero-order chi connectivity index (χ0) is 36.5. The Labute approximate surface area is 369 Å². The summed E-state index contributed by atoms with van der Waals surface area (Å²) in [7, 11) is -1.41. The van der Waals surface area contributed by atoms with E-state index in [2.05, 4.69) is 70.4 Å². The third-order valence-electron chi connectivity index (χ3n) is 6.64. The van der Waals surface area contributed by atoms with E-state index < -0.39 is 7.12 Å². The molecule has 0 unspecified atom stereocenters. The lowest BCUT2D eigenvalue weighted by Gasteiger charge is -2.05. The SMILES string of the molecule is C.C.C.Clc1cc(Cl)c2c(c1)oc1ccc(Br)cc12.OB(O)c1ccc(Cl)cc1.Oc1ccc(Br)cc1-c1ccc(Cl)cc1.Oc1ccc(Br)cc1I. The van der Waals surface area contributed by atoms with E-state index in [4.69, 9.17) is 66.0 Å². The highest BCUT2D eigenvalue weighted by Gasteiger charge is 2.12. The molecule has 53 heavy (non-hydrogen) atoms. The fraction of sp³-hybridized carbons (Fsp3) is 0.0769. The molecule has 0 atom stereocenters. The van der Waals surface area contributed by atoms with Crippen molar-refractivity contribution in [2.45, 2.75) is 22.3 Å². The first-order chi connectivity index (χ1) is 23.7. The number of hydrogen-bond donors (Lipinski definition) is 4. The number of halogens is 8. The Bertz CT molecular complexity index is 2220. The number of phenolic OH excluding ortho intramolecular Hbond substituents is 2. The monoisotopic (exact) mass is 1100 g/mol. The lowest BCUT2D eigenvalue weighted by Crippen LogP contribution is -2.29. The van der Waals surface area contributed by atoms with E-state index in [1.807, 2.05) is 42.5 Å². The predicted molar refractivity (Wildman–Crippen MR) is 248 cm³/mol. The van der Waals surface area contributed by atoms with Crippen molar-refractivity contribution in [2.24, 2.45) is 0 Å². The molecule has 0 aliphatic heterocycles. The molecule has 0 aliphatic rings. The Balaban J connectivity index is 0.000000356. The summed E-state index contributed by atoms with van der Waals surface area (Å²) < 4.78 is 9.46. The number of rotatable bonds is 2. The summed E-state index contributed by atoms with van der Waals surface area (Å²) in [4.78, 5) is 0. The second kappa shape index (κ2) is 23.2. The molecular formula is C39H35BBr3Cl4IO5. The summed E-state index contributed by atoms with van der Waals surface area (Å²) in [6.07, 6.45) is 0. The molecule has 7 rings (SSSR count). The van der Waals surface area contributed by atoms with Gasteiger partial charge in [0.1, 0.15) is 22.7 Å². The van der Waals surface area contributed by atoms with Crippen molar-refractivity contribution in [3.05, 3.63) is 152 Å². The molecular weight excluding hydrogens is 1070 g/mol. The molecule has 0 amide bonds. The number of fused-ring (bicyclic) bond motifs is 3. The molecule has 280 valence electrons. The highest BCUT2D eigenvalue weighted by molar-refractivity contribution is 14.1. The summed E-state index contributed by atoms with van der Waals surface area (Å²) >= 11 is 35.6. The molecule has 0 bridgehead atoms. The largest absolute Gasteiger partial charge is 0.507 e. The molecule has 4 N–H and O–H groups in total. The second-order valence-corrected chi connectivity index (χ2v) is 15.8. The Hall–Kier alpha value is -1.97. The zero-order valence-corrected chi connectivity index (χ0v) is 35.2. The van der Waals surface area contributed by atoms with Gasteiger partial charge in [-0.2, -0.15) is 0 Å². The molecule has 1 aromatic heterocycles. The highest BCUT2D eigenvalue weighted by atomic mass is 127. The quantitative estimate of drug-likeness (QED) is 0.102. The van der Waals surface area contributed by atoms with Crippen LogP contribution in [0.2, 0.25) is 20.1 Å². The van der Waals surface area contributed by atoms with Crippen LogP contribution in [-0.2, 0) is 0 Å². The van der Waals surface area contributed by atoms with E-state index >= 15 is 0 Å². The van der Waals surface area contributed by atoms with Gasteiger partial charge in [0.2, 0.25) is 0 Å². The van der Waals surface area contributed by atoms with E-state index in [0.29, 0.717) is 36.9 Å². The normalized spacial score (nSPS) is 9.77. The fourth-order valence-corrected chi connectivity index (χ4v) is 7.14. The minimum atomic E-state index is -1.41. The summed E-state index contributed by atoms with van der Waals surface area (Å²) in [5.74, 6) is 0.597. The molecule has 0 aliphatic carbocycles. The number of aromatic hydroxyl groups is 2. The molecule has 14 heteroatoms. The number of phenols is 2. The average Bonchev–Trinajstić information content (AvgIpc) is 3.43.